The molecule has 0 saturated carbocycles. The third kappa shape index (κ3) is 5.87. The highest BCUT2D eigenvalue weighted by atomic mass is 35.5. The van der Waals surface area contributed by atoms with Crippen LogP contribution in [0.4, 0.5) is 0 Å². The van der Waals surface area contributed by atoms with E-state index in [4.69, 9.17) is 21.3 Å². The number of hydrogen-bond acceptors (Lipinski definition) is 3. The van der Waals surface area contributed by atoms with Gasteiger partial charge in [0.2, 0.25) is 0 Å². The van der Waals surface area contributed by atoms with Crippen molar-refractivity contribution in [3.63, 3.8) is 0 Å². The van der Waals surface area contributed by atoms with Crippen molar-refractivity contribution in [1.82, 2.24) is 10.2 Å². The molecular formula is C18H28ClN3OS. The van der Waals surface area contributed by atoms with E-state index < -0.39 is 0 Å². The zero-order valence-electron chi connectivity index (χ0n) is 14.8. The van der Waals surface area contributed by atoms with E-state index in [0.29, 0.717) is 11.2 Å². The lowest BCUT2D eigenvalue weighted by Crippen LogP contribution is -2.41. The van der Waals surface area contributed by atoms with Crippen LogP contribution in [0.3, 0.4) is 0 Å². The highest BCUT2D eigenvalue weighted by Gasteiger charge is 2.19. The van der Waals surface area contributed by atoms with Gasteiger partial charge in [0, 0.05) is 42.9 Å². The van der Waals surface area contributed by atoms with E-state index in [1.807, 2.05) is 18.2 Å². The molecule has 1 aliphatic rings. The smallest absolute Gasteiger partial charge is 0.193 e. The van der Waals surface area contributed by atoms with Gasteiger partial charge < -0.3 is 15.0 Å². The number of nitrogens with one attached hydrogen (secondary N) is 1. The largest absolute Gasteiger partial charge is 0.381 e. The van der Waals surface area contributed by atoms with Crippen LogP contribution in [0.25, 0.3) is 0 Å². The summed E-state index contributed by atoms with van der Waals surface area (Å²) in [7, 11) is 2.10. The van der Waals surface area contributed by atoms with Crippen molar-refractivity contribution >= 4 is 29.3 Å². The van der Waals surface area contributed by atoms with Gasteiger partial charge in [0.25, 0.3) is 0 Å². The van der Waals surface area contributed by atoms with Crippen molar-refractivity contribution in [3.05, 3.63) is 34.9 Å². The van der Waals surface area contributed by atoms with Crippen LogP contribution in [0.15, 0.2) is 29.3 Å². The fourth-order valence-corrected chi connectivity index (χ4v) is 3.70. The lowest BCUT2D eigenvalue weighted by Gasteiger charge is -2.25. The fourth-order valence-electron chi connectivity index (χ4n) is 2.86. The van der Waals surface area contributed by atoms with E-state index in [1.165, 1.54) is 5.56 Å². The first-order valence-electron chi connectivity index (χ1n) is 8.49. The first-order valence-corrected chi connectivity index (χ1v) is 10.2. The van der Waals surface area contributed by atoms with Gasteiger partial charge in [0.05, 0.1) is 13.2 Å². The Morgan fingerprint density at radius 2 is 2.38 bits per heavy atom. The maximum atomic E-state index is 6.13. The molecule has 1 heterocycles. The molecule has 0 spiro atoms. The van der Waals surface area contributed by atoms with Crippen molar-refractivity contribution in [2.24, 2.45) is 10.9 Å². The average Bonchev–Trinajstić information content (AvgIpc) is 3.07. The van der Waals surface area contributed by atoms with E-state index in [1.54, 1.807) is 11.8 Å². The van der Waals surface area contributed by atoms with Gasteiger partial charge in [-0.05, 0) is 37.3 Å². The van der Waals surface area contributed by atoms with Crippen LogP contribution in [0.2, 0.25) is 5.02 Å². The molecule has 134 valence electrons. The minimum atomic E-state index is 0.306. The van der Waals surface area contributed by atoms with Gasteiger partial charge in [-0.2, -0.15) is 11.8 Å². The second-order valence-electron chi connectivity index (χ2n) is 6.08. The monoisotopic (exact) mass is 369 g/mol. The van der Waals surface area contributed by atoms with E-state index in [9.17, 15) is 0 Å². The van der Waals surface area contributed by atoms with Crippen molar-refractivity contribution in [2.45, 2.75) is 18.6 Å². The quantitative estimate of drug-likeness (QED) is 0.587. The Morgan fingerprint density at radius 3 is 3.00 bits per heavy atom. The molecule has 2 rings (SSSR count). The van der Waals surface area contributed by atoms with E-state index >= 15 is 0 Å². The van der Waals surface area contributed by atoms with Crippen LogP contribution in [0.5, 0.6) is 0 Å². The highest BCUT2D eigenvalue weighted by Crippen LogP contribution is 2.28. The summed E-state index contributed by atoms with van der Waals surface area (Å²) in [6.07, 6.45) is 3.26. The Balaban J connectivity index is 2.02. The number of ether oxygens (including phenoxy) is 1. The van der Waals surface area contributed by atoms with Crippen LogP contribution in [0.1, 0.15) is 24.2 Å². The maximum absolute atomic E-state index is 6.13. The Labute approximate surface area is 155 Å². The molecule has 6 heteroatoms. The molecule has 0 bridgehead atoms. The maximum Gasteiger partial charge on any atom is 0.193 e. The predicted molar refractivity (Wildman–Crippen MR) is 105 cm³/mol. The number of nitrogens with zero attached hydrogens (tertiary/aromatic N) is 2. The second kappa shape index (κ2) is 10.2. The number of thioether (sulfide) groups is 1. The number of halogens is 1. The van der Waals surface area contributed by atoms with Crippen LogP contribution in [-0.4, -0.2) is 57.0 Å². The lowest BCUT2D eigenvalue weighted by molar-refractivity contribution is 0.181. The molecule has 1 N–H and O–H groups in total. The summed E-state index contributed by atoms with van der Waals surface area (Å²) in [5.74, 6) is 1.56. The van der Waals surface area contributed by atoms with Crippen LogP contribution >= 0.6 is 23.4 Å². The van der Waals surface area contributed by atoms with E-state index in [2.05, 4.69) is 36.5 Å². The molecule has 1 fully saturated rings. The molecule has 1 aromatic carbocycles. The molecule has 0 radical (unpaired) electrons. The van der Waals surface area contributed by atoms with E-state index in [0.717, 1.165) is 50.3 Å². The zero-order valence-corrected chi connectivity index (χ0v) is 16.4. The highest BCUT2D eigenvalue weighted by molar-refractivity contribution is 7.98. The number of hydrogen-bond donors (Lipinski definition) is 1. The molecule has 1 saturated heterocycles. The minimum Gasteiger partial charge on any atom is -0.381 e. The van der Waals surface area contributed by atoms with Crippen molar-refractivity contribution in [2.75, 3.05) is 46.2 Å². The summed E-state index contributed by atoms with van der Waals surface area (Å²) >= 11 is 7.93. The molecule has 2 atom stereocenters. The van der Waals surface area contributed by atoms with E-state index in [-0.39, 0.29) is 0 Å². The Hall–Kier alpha value is -0.910. The standard InChI is InChI=1S/C18H28ClN3OS/c1-4-20-18(22(2)12-14-8-9-23-13-14)21-11-17(24-3)15-6-5-7-16(19)10-15/h5-7,10,14,17H,4,8-9,11-13H2,1-3H3,(H,20,21). The van der Waals surface area contributed by atoms with Gasteiger partial charge in [-0.3, -0.25) is 4.99 Å². The zero-order chi connectivity index (χ0) is 17.4. The molecule has 0 aromatic heterocycles. The van der Waals surface area contributed by atoms with Crippen LogP contribution in [-0.2, 0) is 4.74 Å². The topological polar surface area (TPSA) is 36.9 Å². The van der Waals surface area contributed by atoms with Gasteiger partial charge in [-0.1, -0.05) is 23.7 Å². The summed E-state index contributed by atoms with van der Waals surface area (Å²) in [4.78, 5) is 7.08. The average molecular weight is 370 g/mol. The summed E-state index contributed by atoms with van der Waals surface area (Å²) in [6.45, 7) is 6.42. The SMILES string of the molecule is CCNC(=NCC(SC)c1cccc(Cl)c1)N(C)CC1CCOC1. The van der Waals surface area contributed by atoms with Crippen LogP contribution in [0, 0.1) is 5.92 Å². The Kier molecular flexibility index (Phi) is 8.22. The van der Waals surface area contributed by atoms with Gasteiger partial charge >= 0.3 is 0 Å². The first kappa shape index (κ1) is 19.4. The van der Waals surface area contributed by atoms with Crippen molar-refractivity contribution in [1.29, 1.82) is 0 Å². The van der Waals surface area contributed by atoms with Crippen molar-refractivity contribution < 1.29 is 4.74 Å². The first-order chi connectivity index (χ1) is 11.6. The number of guanidine groups is 1. The van der Waals surface area contributed by atoms with Gasteiger partial charge in [0.1, 0.15) is 0 Å². The second-order valence-corrected chi connectivity index (χ2v) is 7.56. The lowest BCUT2D eigenvalue weighted by atomic mass is 10.1. The molecule has 0 aliphatic carbocycles. The molecule has 0 amide bonds. The Morgan fingerprint density at radius 1 is 1.54 bits per heavy atom. The predicted octanol–water partition coefficient (Wildman–Crippen LogP) is 3.68. The molecule has 1 aliphatic heterocycles. The third-order valence-corrected chi connectivity index (χ3v) is 5.39. The van der Waals surface area contributed by atoms with Gasteiger partial charge in [-0.25, -0.2) is 0 Å². The molecule has 1 aromatic rings. The third-order valence-electron chi connectivity index (χ3n) is 4.16. The molecular weight excluding hydrogens is 342 g/mol. The van der Waals surface area contributed by atoms with Gasteiger partial charge in [-0.15, -0.1) is 0 Å². The summed E-state index contributed by atoms with van der Waals surface area (Å²) in [5, 5.41) is 4.48. The Bertz CT molecular complexity index is 535. The molecule has 4 nitrogen and oxygen atoms in total. The number of rotatable bonds is 7. The minimum absolute atomic E-state index is 0.306. The van der Waals surface area contributed by atoms with Crippen LogP contribution < -0.4 is 5.32 Å². The van der Waals surface area contributed by atoms with Gasteiger partial charge in [0.15, 0.2) is 5.96 Å². The molecule has 2 unspecified atom stereocenters. The summed E-state index contributed by atoms with van der Waals surface area (Å²) in [5.41, 5.74) is 1.22. The summed E-state index contributed by atoms with van der Waals surface area (Å²) in [6, 6.07) is 8.06. The number of benzene rings is 1. The number of aliphatic imine (C=N–C) groups is 1. The van der Waals surface area contributed by atoms with Crippen molar-refractivity contribution in [3.8, 4) is 0 Å². The summed E-state index contributed by atoms with van der Waals surface area (Å²) < 4.78 is 5.48. The normalized spacial score (nSPS) is 19.3. The fraction of sp³-hybridized carbons (Fsp3) is 0.611. The molecule has 24 heavy (non-hydrogen) atoms.